The van der Waals surface area contributed by atoms with Crippen molar-refractivity contribution >= 4 is 17.1 Å². The minimum Gasteiger partial charge on any atom is -0.453 e. The Labute approximate surface area is 108 Å². The molecule has 0 N–H and O–H groups in total. The Morgan fingerprint density at radius 1 is 1.53 bits per heavy atom. The largest absolute Gasteiger partial charge is 0.453 e. The van der Waals surface area contributed by atoms with Crippen molar-refractivity contribution in [3.8, 4) is 0 Å². The van der Waals surface area contributed by atoms with Gasteiger partial charge >= 0.3 is 5.30 Å². The second kappa shape index (κ2) is 6.45. The fourth-order valence-corrected chi connectivity index (χ4v) is 2.00. The van der Waals surface area contributed by atoms with Gasteiger partial charge in [-0.05, 0) is 51.5 Å². The van der Waals surface area contributed by atoms with Gasteiger partial charge in [-0.1, -0.05) is 12.5 Å². The van der Waals surface area contributed by atoms with Gasteiger partial charge in [0, 0.05) is 5.75 Å². The topological polar surface area (TPSA) is 38.8 Å². The molecule has 1 heterocycles. The lowest BCUT2D eigenvalue weighted by molar-refractivity contribution is 0.187. The third-order valence-corrected chi connectivity index (χ3v) is 3.50. The number of carbonyl (C=O) groups excluding carboxylic acids is 1. The zero-order valence-corrected chi connectivity index (χ0v) is 11.9. The quantitative estimate of drug-likeness (QED) is 0.413. The van der Waals surface area contributed by atoms with E-state index >= 15 is 0 Å². The lowest BCUT2D eigenvalue weighted by Gasteiger charge is -2.02. The summed E-state index contributed by atoms with van der Waals surface area (Å²) in [6.45, 7) is 8.61. The molecule has 0 bridgehead atoms. The highest BCUT2D eigenvalue weighted by atomic mass is 32.2. The van der Waals surface area contributed by atoms with Crippen LogP contribution in [0.3, 0.4) is 0 Å². The third kappa shape index (κ3) is 5.59. The number of rotatable bonds is 6. The van der Waals surface area contributed by atoms with Gasteiger partial charge in [0.25, 0.3) is 0 Å². The van der Waals surface area contributed by atoms with Gasteiger partial charge < -0.3 is 9.47 Å². The lowest BCUT2D eigenvalue weighted by Crippen LogP contribution is -2.03. The predicted molar refractivity (Wildman–Crippen MR) is 71.4 cm³/mol. The van der Waals surface area contributed by atoms with Crippen LogP contribution in [0, 0.1) is 0 Å². The van der Waals surface area contributed by atoms with Crippen LogP contribution < -0.4 is 0 Å². The maximum absolute atomic E-state index is 11.1. The molecule has 0 aromatic heterocycles. The fraction of sp³-hybridized carbons (Fsp3) is 0.769. The van der Waals surface area contributed by atoms with E-state index in [0.29, 0.717) is 12.7 Å². The van der Waals surface area contributed by atoms with E-state index in [2.05, 4.69) is 20.8 Å². The summed E-state index contributed by atoms with van der Waals surface area (Å²) >= 11 is 1.20. The molecule has 17 heavy (non-hydrogen) atoms. The summed E-state index contributed by atoms with van der Waals surface area (Å²) in [6, 6.07) is 0. The Morgan fingerprint density at radius 2 is 2.18 bits per heavy atom. The van der Waals surface area contributed by atoms with E-state index in [9.17, 15) is 4.79 Å². The number of ether oxygens (including phenoxy) is 2. The number of allylic oxidation sites excluding steroid dienone is 1. The number of hydrogen-bond donors (Lipinski definition) is 0. The molecule has 0 aliphatic carbocycles. The molecule has 3 nitrogen and oxygen atoms in total. The molecule has 1 aliphatic rings. The van der Waals surface area contributed by atoms with E-state index in [0.717, 1.165) is 18.6 Å². The maximum atomic E-state index is 11.1. The average molecular weight is 258 g/mol. The van der Waals surface area contributed by atoms with Gasteiger partial charge in [0.1, 0.15) is 6.61 Å². The summed E-state index contributed by atoms with van der Waals surface area (Å²) in [5.74, 6) is 0.760. The van der Waals surface area contributed by atoms with Gasteiger partial charge in [-0.2, -0.15) is 0 Å². The SMILES string of the molecule is CCSC(=O)OC/C=C(\C)CCC1OC1(C)C. The number of hydrogen-bond acceptors (Lipinski definition) is 4. The predicted octanol–water partition coefficient (Wildman–Crippen LogP) is 3.78. The molecule has 0 saturated carbocycles. The van der Waals surface area contributed by atoms with Crippen molar-refractivity contribution in [3.05, 3.63) is 11.6 Å². The van der Waals surface area contributed by atoms with Crippen LogP contribution >= 0.6 is 11.8 Å². The van der Waals surface area contributed by atoms with Crippen LogP contribution in [0.2, 0.25) is 0 Å². The number of epoxide rings is 1. The van der Waals surface area contributed by atoms with E-state index in [4.69, 9.17) is 9.47 Å². The Kier molecular flexibility index (Phi) is 5.53. The van der Waals surface area contributed by atoms with Gasteiger partial charge in [-0.15, -0.1) is 0 Å². The van der Waals surface area contributed by atoms with Crippen LogP contribution in [0.25, 0.3) is 0 Å². The molecule has 4 heteroatoms. The monoisotopic (exact) mass is 258 g/mol. The first kappa shape index (κ1) is 14.6. The molecular formula is C13H22O3S. The third-order valence-electron chi connectivity index (χ3n) is 2.86. The average Bonchev–Trinajstić information content (AvgIpc) is 2.84. The van der Waals surface area contributed by atoms with Crippen molar-refractivity contribution in [1.82, 2.24) is 0 Å². The Balaban J connectivity index is 2.10. The van der Waals surface area contributed by atoms with E-state index in [1.165, 1.54) is 17.3 Å². The molecule has 0 aromatic rings. The summed E-state index contributed by atoms with van der Waals surface area (Å²) in [7, 11) is 0. The standard InChI is InChI=1S/C13H22O3S/c1-5-17-12(14)15-9-8-10(2)6-7-11-13(3,4)16-11/h8,11H,5-7,9H2,1-4H3/b10-8+. The maximum Gasteiger partial charge on any atom is 0.367 e. The number of carbonyl (C=O) groups is 1. The molecule has 1 rings (SSSR count). The summed E-state index contributed by atoms with van der Waals surface area (Å²) in [6.07, 6.45) is 4.42. The van der Waals surface area contributed by atoms with Gasteiger partial charge in [0.2, 0.25) is 0 Å². The van der Waals surface area contributed by atoms with Gasteiger partial charge in [0.05, 0.1) is 11.7 Å². The second-order valence-corrected chi connectivity index (χ2v) is 5.99. The summed E-state index contributed by atoms with van der Waals surface area (Å²) in [5.41, 5.74) is 1.33. The zero-order chi connectivity index (χ0) is 12.9. The molecule has 98 valence electrons. The molecule has 1 atom stereocenters. The van der Waals surface area contributed by atoms with Crippen LogP contribution in [-0.4, -0.2) is 29.4 Å². The van der Waals surface area contributed by atoms with Crippen molar-refractivity contribution in [2.45, 2.75) is 52.2 Å². The van der Waals surface area contributed by atoms with Crippen molar-refractivity contribution in [2.24, 2.45) is 0 Å². The molecule has 1 fully saturated rings. The van der Waals surface area contributed by atoms with Crippen LogP contribution in [0.4, 0.5) is 4.79 Å². The molecule has 1 aliphatic heterocycles. The first-order chi connectivity index (χ1) is 7.95. The van der Waals surface area contributed by atoms with Crippen LogP contribution in [0.1, 0.15) is 40.5 Å². The second-order valence-electron chi connectivity index (χ2n) is 4.79. The minimum absolute atomic E-state index is 0.0739. The highest BCUT2D eigenvalue weighted by Crippen LogP contribution is 2.38. The minimum atomic E-state index is -0.191. The van der Waals surface area contributed by atoms with E-state index in [1.54, 1.807) is 0 Å². The summed E-state index contributed by atoms with van der Waals surface area (Å²) < 4.78 is 10.5. The van der Waals surface area contributed by atoms with Gasteiger partial charge in [-0.3, -0.25) is 0 Å². The normalized spacial score (nSPS) is 22.4. The van der Waals surface area contributed by atoms with Gasteiger partial charge in [-0.25, -0.2) is 4.79 Å². The molecule has 0 amide bonds. The van der Waals surface area contributed by atoms with Gasteiger partial charge in [0.15, 0.2) is 0 Å². The molecule has 0 radical (unpaired) electrons. The smallest absolute Gasteiger partial charge is 0.367 e. The zero-order valence-electron chi connectivity index (χ0n) is 11.1. The molecule has 1 unspecified atom stereocenters. The molecule has 0 aromatic carbocycles. The van der Waals surface area contributed by atoms with Crippen LogP contribution in [0.15, 0.2) is 11.6 Å². The summed E-state index contributed by atoms with van der Waals surface area (Å²) in [4.78, 5) is 11.1. The molecule has 1 saturated heterocycles. The Morgan fingerprint density at radius 3 is 2.71 bits per heavy atom. The fourth-order valence-electron chi connectivity index (χ4n) is 1.61. The first-order valence-corrected chi connectivity index (χ1v) is 7.07. The summed E-state index contributed by atoms with van der Waals surface area (Å²) in [5, 5.41) is -0.191. The van der Waals surface area contributed by atoms with Crippen molar-refractivity contribution in [1.29, 1.82) is 0 Å². The Hall–Kier alpha value is -0.480. The van der Waals surface area contributed by atoms with Crippen molar-refractivity contribution in [2.75, 3.05) is 12.4 Å². The van der Waals surface area contributed by atoms with Crippen molar-refractivity contribution < 1.29 is 14.3 Å². The highest BCUT2D eigenvalue weighted by Gasteiger charge is 2.46. The lowest BCUT2D eigenvalue weighted by atomic mass is 10.0. The molecule has 0 spiro atoms. The van der Waals surface area contributed by atoms with E-state index in [-0.39, 0.29) is 10.9 Å². The number of thioether (sulfide) groups is 1. The van der Waals surface area contributed by atoms with E-state index in [1.807, 2.05) is 13.0 Å². The van der Waals surface area contributed by atoms with E-state index < -0.39 is 0 Å². The van der Waals surface area contributed by atoms with Crippen LogP contribution in [-0.2, 0) is 9.47 Å². The Bertz CT molecular complexity index is 297. The van der Waals surface area contributed by atoms with Crippen molar-refractivity contribution in [3.63, 3.8) is 0 Å². The first-order valence-electron chi connectivity index (χ1n) is 6.08. The molecular weight excluding hydrogens is 236 g/mol. The highest BCUT2D eigenvalue weighted by molar-refractivity contribution is 8.13. The van der Waals surface area contributed by atoms with Crippen LogP contribution in [0.5, 0.6) is 0 Å².